The number of H-pyrrole nitrogens is 1. The molecule has 3 aromatic rings. The molecule has 0 spiro atoms. The fourth-order valence-corrected chi connectivity index (χ4v) is 7.52. The van der Waals surface area contributed by atoms with Crippen LogP contribution in [0.3, 0.4) is 0 Å². The molecule has 230 valence electrons. The van der Waals surface area contributed by atoms with E-state index in [1.54, 1.807) is 24.3 Å². The molecule has 3 saturated carbocycles. The monoisotopic (exact) mass is 590 g/mol. The van der Waals surface area contributed by atoms with Crippen molar-refractivity contribution in [3.8, 4) is 5.75 Å². The van der Waals surface area contributed by atoms with Gasteiger partial charge in [-0.05, 0) is 79.2 Å². The van der Waals surface area contributed by atoms with E-state index < -0.39 is 17.1 Å². The Morgan fingerprint density at radius 3 is 2.67 bits per heavy atom. The number of piperazine rings is 1. The van der Waals surface area contributed by atoms with Crippen molar-refractivity contribution in [2.75, 3.05) is 32.1 Å². The fourth-order valence-electron chi connectivity index (χ4n) is 7.52. The highest BCUT2D eigenvalue weighted by atomic mass is 19.1. The highest BCUT2D eigenvalue weighted by Crippen LogP contribution is 2.61. The maximum absolute atomic E-state index is 14.4. The van der Waals surface area contributed by atoms with E-state index in [4.69, 9.17) is 9.73 Å². The zero-order valence-corrected chi connectivity index (χ0v) is 25.7. The number of fused-ring (bicyclic) bond motifs is 3. The minimum absolute atomic E-state index is 0.0592. The van der Waals surface area contributed by atoms with Crippen LogP contribution >= 0.6 is 0 Å². The lowest BCUT2D eigenvalue weighted by Crippen LogP contribution is -2.57. The summed E-state index contributed by atoms with van der Waals surface area (Å²) >= 11 is 0. The second-order valence-electron chi connectivity index (χ2n) is 13.3. The van der Waals surface area contributed by atoms with Gasteiger partial charge in [-0.25, -0.2) is 14.2 Å². The molecule has 3 N–H and O–H groups in total. The molecule has 0 amide bonds. The predicted molar refractivity (Wildman–Crippen MR) is 169 cm³/mol. The van der Waals surface area contributed by atoms with Crippen molar-refractivity contribution in [2.45, 2.75) is 65.6 Å². The standard InChI is InChI=1S/C33H43FN6O3/c1-19-18-39(13-11-35-19)31(37-28-15-22-14-26(20(28)2)33(22,3)4)36-23-7-9-25-29(16-23)38-32(42)40(30(25)41)12-10-21-6-8-24(43-5)17-27(21)34/h6-9,16-17,19-20,22,26,28,35H,10-15,18H2,1-5H3,(H,36,37)(H,38,42)/t19-,20-,22-,26+,28-/m0/s1. The first-order valence-corrected chi connectivity index (χ1v) is 15.5. The van der Waals surface area contributed by atoms with Crippen molar-refractivity contribution in [1.82, 2.24) is 19.8 Å². The zero-order chi connectivity index (χ0) is 30.5. The maximum Gasteiger partial charge on any atom is 0.328 e. The third-order valence-corrected chi connectivity index (χ3v) is 10.4. The van der Waals surface area contributed by atoms with E-state index in [1.807, 2.05) is 6.07 Å². The van der Waals surface area contributed by atoms with Crippen LogP contribution in [-0.2, 0) is 13.0 Å². The summed E-state index contributed by atoms with van der Waals surface area (Å²) in [7, 11) is 1.47. The molecule has 0 radical (unpaired) electrons. The van der Waals surface area contributed by atoms with Crippen LogP contribution in [0.15, 0.2) is 51.0 Å². The average molecular weight is 591 g/mol. The molecule has 10 heteroatoms. The topological polar surface area (TPSA) is 104 Å². The van der Waals surface area contributed by atoms with Crippen LogP contribution in [0.4, 0.5) is 10.1 Å². The van der Waals surface area contributed by atoms with Crippen LogP contribution in [0.25, 0.3) is 10.9 Å². The number of benzene rings is 2. The number of aryl methyl sites for hydroxylation is 1. The molecule has 9 nitrogen and oxygen atoms in total. The van der Waals surface area contributed by atoms with Crippen LogP contribution in [0.5, 0.6) is 5.75 Å². The molecule has 4 fully saturated rings. The summed E-state index contributed by atoms with van der Waals surface area (Å²) in [5.74, 6) is 2.74. The lowest BCUT2D eigenvalue weighted by molar-refractivity contribution is -0.108. The molecule has 7 rings (SSSR count). The highest BCUT2D eigenvalue weighted by Gasteiger charge is 2.56. The van der Waals surface area contributed by atoms with Gasteiger partial charge in [0.05, 0.1) is 24.1 Å². The first-order valence-electron chi connectivity index (χ1n) is 15.5. The number of guanidine groups is 1. The van der Waals surface area contributed by atoms with E-state index in [0.717, 1.165) is 42.3 Å². The molecule has 43 heavy (non-hydrogen) atoms. The number of hydrogen-bond donors (Lipinski definition) is 3. The molecule has 2 heterocycles. The Labute approximate surface area is 251 Å². The Hall–Kier alpha value is -3.66. The van der Waals surface area contributed by atoms with Gasteiger partial charge in [-0.1, -0.05) is 26.8 Å². The summed E-state index contributed by atoms with van der Waals surface area (Å²) < 4.78 is 20.6. The quantitative estimate of drug-likeness (QED) is 0.294. The van der Waals surface area contributed by atoms with Gasteiger partial charge in [-0.3, -0.25) is 9.36 Å². The Balaban J connectivity index is 1.26. The molecule has 4 aliphatic rings. The number of aliphatic imine (C=N–C) groups is 1. The van der Waals surface area contributed by atoms with Crippen molar-refractivity contribution in [2.24, 2.45) is 28.2 Å². The number of methoxy groups -OCH3 is 1. The number of hydrogen-bond acceptors (Lipinski definition) is 5. The van der Waals surface area contributed by atoms with Gasteiger partial charge in [0.2, 0.25) is 0 Å². The summed E-state index contributed by atoms with van der Waals surface area (Å²) in [6.45, 7) is 12.0. The Morgan fingerprint density at radius 1 is 1.16 bits per heavy atom. The van der Waals surface area contributed by atoms with E-state index in [9.17, 15) is 14.0 Å². The molecular weight excluding hydrogens is 547 g/mol. The van der Waals surface area contributed by atoms with Crippen LogP contribution in [0.1, 0.15) is 46.1 Å². The molecule has 1 aliphatic heterocycles. The number of nitrogens with one attached hydrogen (secondary N) is 3. The van der Waals surface area contributed by atoms with Crippen molar-refractivity contribution in [3.05, 3.63) is 68.6 Å². The van der Waals surface area contributed by atoms with E-state index in [2.05, 4.69) is 48.2 Å². The van der Waals surface area contributed by atoms with Gasteiger partial charge in [0.15, 0.2) is 5.96 Å². The molecule has 2 aromatic carbocycles. The lowest BCUT2D eigenvalue weighted by atomic mass is 9.45. The van der Waals surface area contributed by atoms with Gasteiger partial charge in [0, 0.05) is 44.0 Å². The normalized spacial score (nSPS) is 26.7. The van der Waals surface area contributed by atoms with E-state index in [0.29, 0.717) is 51.4 Å². The largest absolute Gasteiger partial charge is 0.497 e. The van der Waals surface area contributed by atoms with Crippen LogP contribution in [0, 0.1) is 29.0 Å². The predicted octanol–water partition coefficient (Wildman–Crippen LogP) is 4.21. The Morgan fingerprint density at radius 2 is 1.98 bits per heavy atom. The van der Waals surface area contributed by atoms with Crippen molar-refractivity contribution in [1.29, 1.82) is 0 Å². The third kappa shape index (κ3) is 5.57. The zero-order valence-electron chi connectivity index (χ0n) is 25.7. The number of halogens is 1. The van der Waals surface area contributed by atoms with E-state index >= 15 is 0 Å². The lowest BCUT2D eigenvalue weighted by Gasteiger charge is -2.61. The smallest absolute Gasteiger partial charge is 0.328 e. The molecule has 2 bridgehead atoms. The van der Waals surface area contributed by atoms with Gasteiger partial charge in [-0.15, -0.1) is 0 Å². The third-order valence-electron chi connectivity index (χ3n) is 10.4. The minimum atomic E-state index is -0.522. The second kappa shape index (κ2) is 11.4. The number of nitrogens with zero attached hydrogens (tertiary/aromatic N) is 3. The number of aromatic amines is 1. The molecule has 0 unspecified atom stereocenters. The molecule has 3 aliphatic carbocycles. The highest BCUT2D eigenvalue weighted by molar-refractivity contribution is 5.96. The number of ether oxygens (including phenoxy) is 1. The average Bonchev–Trinajstić information content (AvgIpc) is 2.97. The first kappa shape index (κ1) is 29.4. The summed E-state index contributed by atoms with van der Waals surface area (Å²) in [6.07, 6.45) is 2.60. The van der Waals surface area contributed by atoms with Crippen LogP contribution in [-0.4, -0.2) is 59.2 Å². The first-order chi connectivity index (χ1) is 20.5. The van der Waals surface area contributed by atoms with Gasteiger partial charge in [0.25, 0.3) is 5.56 Å². The minimum Gasteiger partial charge on any atom is -0.497 e. The van der Waals surface area contributed by atoms with E-state index in [-0.39, 0.29) is 19.0 Å². The summed E-state index contributed by atoms with van der Waals surface area (Å²) in [4.78, 5) is 36.8. The summed E-state index contributed by atoms with van der Waals surface area (Å²) in [5, 5.41) is 7.47. The number of anilines is 1. The maximum atomic E-state index is 14.4. The Bertz CT molecular complexity index is 1660. The van der Waals surface area contributed by atoms with E-state index in [1.165, 1.54) is 19.6 Å². The van der Waals surface area contributed by atoms with Gasteiger partial charge in [0.1, 0.15) is 11.6 Å². The van der Waals surface area contributed by atoms with Gasteiger partial charge >= 0.3 is 5.69 Å². The van der Waals surface area contributed by atoms with Gasteiger partial charge < -0.3 is 25.3 Å². The second-order valence-corrected chi connectivity index (χ2v) is 13.3. The van der Waals surface area contributed by atoms with Crippen LogP contribution in [0.2, 0.25) is 0 Å². The van der Waals surface area contributed by atoms with Crippen molar-refractivity contribution < 1.29 is 9.13 Å². The van der Waals surface area contributed by atoms with Crippen molar-refractivity contribution in [3.63, 3.8) is 0 Å². The fraction of sp³-hybridized carbons (Fsp3) is 0.545. The van der Waals surface area contributed by atoms with Gasteiger partial charge in [-0.2, -0.15) is 0 Å². The summed E-state index contributed by atoms with van der Waals surface area (Å²) in [5.41, 5.74) is 1.10. The molecule has 1 aromatic heterocycles. The number of rotatable bonds is 6. The Kier molecular flexibility index (Phi) is 7.83. The molecular formula is C33H43FN6O3. The summed E-state index contributed by atoms with van der Waals surface area (Å²) in [6, 6.07) is 10.6. The van der Waals surface area contributed by atoms with Crippen LogP contribution < -0.4 is 26.6 Å². The molecule has 5 atom stereocenters. The van der Waals surface area contributed by atoms with Crippen molar-refractivity contribution >= 4 is 22.5 Å². The molecule has 1 saturated heterocycles. The SMILES string of the molecule is COc1ccc(CCn2c(=O)[nH]c3cc(NC(=N[C@H]4C[C@@H]5C[C@H]([C@@H]4C)C5(C)C)N4CCN[C@@H](C)C4)ccc3c2=O)c(F)c1. The number of aromatic nitrogens is 2.